The molecule has 0 aliphatic rings. The highest BCUT2D eigenvalue weighted by molar-refractivity contribution is 6.42. The molecule has 2 nitrogen and oxygen atoms in total. The highest BCUT2D eigenvalue weighted by atomic mass is 35.5. The van der Waals surface area contributed by atoms with Crippen molar-refractivity contribution in [2.75, 3.05) is 5.88 Å². The third kappa shape index (κ3) is 4.04. The van der Waals surface area contributed by atoms with Gasteiger partial charge in [0.2, 0.25) is 0 Å². The first kappa shape index (κ1) is 15.6. The van der Waals surface area contributed by atoms with Gasteiger partial charge in [-0.3, -0.25) is 4.79 Å². The lowest BCUT2D eigenvalue weighted by molar-refractivity contribution is 0.0901. The van der Waals surface area contributed by atoms with Crippen molar-refractivity contribution in [3.05, 3.63) is 33.8 Å². The van der Waals surface area contributed by atoms with Crippen LogP contribution in [0, 0.1) is 0 Å². The normalized spacial score (nSPS) is 14.1. The second kappa shape index (κ2) is 6.65. The van der Waals surface area contributed by atoms with Gasteiger partial charge in [-0.05, 0) is 38.0 Å². The van der Waals surface area contributed by atoms with Crippen molar-refractivity contribution in [1.29, 1.82) is 0 Å². The Balaban J connectivity index is 2.84. The van der Waals surface area contributed by atoms with Crippen LogP contribution in [0.5, 0.6) is 0 Å². The third-order valence-corrected chi connectivity index (χ3v) is 3.95. The summed E-state index contributed by atoms with van der Waals surface area (Å²) in [6, 6.07) is 4.83. The minimum absolute atomic E-state index is 0.164. The second-order valence-electron chi connectivity index (χ2n) is 4.44. The number of benzene rings is 1. The van der Waals surface area contributed by atoms with E-state index in [1.54, 1.807) is 18.2 Å². The van der Waals surface area contributed by atoms with Crippen molar-refractivity contribution in [2.45, 2.75) is 32.2 Å². The van der Waals surface area contributed by atoms with Crippen molar-refractivity contribution in [3.63, 3.8) is 0 Å². The van der Waals surface area contributed by atoms with Gasteiger partial charge in [0.1, 0.15) is 0 Å². The van der Waals surface area contributed by atoms with Crippen LogP contribution in [0.2, 0.25) is 10.0 Å². The van der Waals surface area contributed by atoms with Crippen LogP contribution in [0.3, 0.4) is 0 Å². The number of hydrogen-bond acceptors (Lipinski definition) is 1. The van der Waals surface area contributed by atoms with Crippen LogP contribution in [-0.4, -0.2) is 17.3 Å². The van der Waals surface area contributed by atoms with E-state index in [9.17, 15) is 4.79 Å². The molecule has 0 saturated carbocycles. The molecule has 100 valence electrons. The number of nitrogens with one attached hydrogen (secondary N) is 1. The number of amides is 1. The van der Waals surface area contributed by atoms with E-state index < -0.39 is 0 Å². The van der Waals surface area contributed by atoms with Crippen LogP contribution in [-0.2, 0) is 0 Å². The fourth-order valence-corrected chi connectivity index (χ4v) is 2.24. The molecule has 0 aliphatic heterocycles. The summed E-state index contributed by atoms with van der Waals surface area (Å²) in [4.78, 5) is 12.1. The molecule has 5 heteroatoms. The fraction of sp³-hybridized carbons (Fsp3) is 0.462. The highest BCUT2D eigenvalue weighted by Gasteiger charge is 2.24. The van der Waals surface area contributed by atoms with Crippen LogP contribution >= 0.6 is 34.8 Å². The van der Waals surface area contributed by atoms with Gasteiger partial charge < -0.3 is 5.32 Å². The quantitative estimate of drug-likeness (QED) is 0.796. The molecule has 0 aliphatic carbocycles. The van der Waals surface area contributed by atoms with E-state index in [2.05, 4.69) is 5.32 Å². The van der Waals surface area contributed by atoms with E-state index in [4.69, 9.17) is 34.8 Å². The zero-order valence-corrected chi connectivity index (χ0v) is 12.7. The van der Waals surface area contributed by atoms with Gasteiger partial charge in [0.15, 0.2) is 0 Å². The largest absolute Gasteiger partial charge is 0.347 e. The zero-order chi connectivity index (χ0) is 13.8. The molecule has 1 aromatic rings. The smallest absolute Gasteiger partial charge is 0.251 e. The van der Waals surface area contributed by atoms with Gasteiger partial charge in [0.05, 0.1) is 10.0 Å². The van der Waals surface area contributed by atoms with E-state index in [0.29, 0.717) is 21.5 Å². The molecule has 0 aromatic heterocycles. The molecule has 1 rings (SSSR count). The molecular weight excluding hydrogens is 293 g/mol. The Bertz CT molecular complexity index is 436. The number of carbonyl (C=O) groups excluding carboxylic acids is 1. The van der Waals surface area contributed by atoms with Gasteiger partial charge in [-0.2, -0.15) is 0 Å². The summed E-state index contributed by atoms with van der Waals surface area (Å²) >= 11 is 17.5. The van der Waals surface area contributed by atoms with Gasteiger partial charge in [-0.1, -0.05) is 30.1 Å². The Hall–Kier alpha value is -0.440. The number of rotatable bonds is 5. The summed E-state index contributed by atoms with van der Waals surface area (Å²) in [5, 5.41) is 3.79. The molecule has 0 radical (unpaired) electrons. The van der Waals surface area contributed by atoms with E-state index in [0.717, 1.165) is 12.8 Å². The van der Waals surface area contributed by atoms with E-state index in [1.807, 2.05) is 13.8 Å². The molecule has 1 unspecified atom stereocenters. The first-order chi connectivity index (χ1) is 8.41. The summed E-state index contributed by atoms with van der Waals surface area (Å²) in [5.74, 6) is 0.342. The second-order valence-corrected chi connectivity index (χ2v) is 5.63. The Morgan fingerprint density at radius 3 is 2.50 bits per heavy atom. The van der Waals surface area contributed by atoms with Crippen molar-refractivity contribution in [1.82, 2.24) is 5.32 Å². The van der Waals surface area contributed by atoms with E-state index in [-0.39, 0.29) is 11.4 Å². The summed E-state index contributed by atoms with van der Waals surface area (Å²) in [5.41, 5.74) is 0.198. The molecule has 0 fully saturated rings. The maximum absolute atomic E-state index is 12.1. The molecular formula is C13H16Cl3NO. The summed E-state index contributed by atoms with van der Waals surface area (Å²) in [6.07, 6.45) is 1.53. The fourth-order valence-electron chi connectivity index (χ4n) is 1.52. The van der Waals surface area contributed by atoms with Crippen molar-refractivity contribution in [2.24, 2.45) is 0 Å². The lowest BCUT2D eigenvalue weighted by atomic mass is 9.95. The lowest BCUT2D eigenvalue weighted by Gasteiger charge is -2.29. The predicted molar refractivity (Wildman–Crippen MR) is 78.0 cm³/mol. The van der Waals surface area contributed by atoms with Gasteiger partial charge in [-0.25, -0.2) is 0 Å². The number of carbonyl (C=O) groups is 1. The van der Waals surface area contributed by atoms with E-state index in [1.165, 1.54) is 0 Å². The van der Waals surface area contributed by atoms with Crippen LogP contribution in [0.4, 0.5) is 0 Å². The first-order valence-corrected chi connectivity index (χ1v) is 7.04. The summed E-state index contributed by atoms with van der Waals surface area (Å²) in [7, 11) is 0. The number of halogens is 3. The number of alkyl halides is 1. The molecule has 1 aromatic carbocycles. The molecule has 0 saturated heterocycles. The Kier molecular flexibility index (Phi) is 5.77. The molecule has 0 bridgehead atoms. The van der Waals surface area contributed by atoms with Crippen LogP contribution in [0.15, 0.2) is 18.2 Å². The number of hydrogen-bond donors (Lipinski definition) is 1. The predicted octanol–water partition coefficient (Wildman–Crippen LogP) is 4.52. The molecule has 1 N–H and O–H groups in total. The van der Waals surface area contributed by atoms with Crippen molar-refractivity contribution < 1.29 is 4.79 Å². The molecule has 18 heavy (non-hydrogen) atoms. The monoisotopic (exact) mass is 307 g/mol. The Morgan fingerprint density at radius 2 is 2.00 bits per heavy atom. The minimum atomic E-state index is -0.301. The SMILES string of the molecule is CCC(C)(CCCl)NC(=O)c1ccc(Cl)c(Cl)c1. The average molecular weight is 309 g/mol. The van der Waals surface area contributed by atoms with Gasteiger partial charge >= 0.3 is 0 Å². The minimum Gasteiger partial charge on any atom is -0.347 e. The van der Waals surface area contributed by atoms with Crippen LogP contribution < -0.4 is 5.32 Å². The maximum Gasteiger partial charge on any atom is 0.251 e. The highest BCUT2D eigenvalue weighted by Crippen LogP contribution is 2.23. The van der Waals surface area contributed by atoms with Gasteiger partial charge in [0, 0.05) is 17.0 Å². The lowest BCUT2D eigenvalue weighted by Crippen LogP contribution is -2.45. The van der Waals surface area contributed by atoms with Gasteiger partial charge in [0.25, 0.3) is 5.91 Å². The Labute approximate surface area is 123 Å². The maximum atomic E-state index is 12.1. The molecule has 0 spiro atoms. The summed E-state index contributed by atoms with van der Waals surface area (Å²) < 4.78 is 0. The van der Waals surface area contributed by atoms with Crippen molar-refractivity contribution in [3.8, 4) is 0 Å². The standard InChI is InChI=1S/C13H16Cl3NO/c1-3-13(2,6-7-14)17-12(18)9-4-5-10(15)11(16)8-9/h4-5,8H,3,6-7H2,1-2H3,(H,17,18). The topological polar surface area (TPSA) is 29.1 Å². The molecule has 0 heterocycles. The van der Waals surface area contributed by atoms with Gasteiger partial charge in [-0.15, -0.1) is 11.6 Å². The van der Waals surface area contributed by atoms with Crippen LogP contribution in [0.1, 0.15) is 37.0 Å². The molecule has 1 amide bonds. The average Bonchev–Trinajstić information content (AvgIpc) is 2.32. The third-order valence-electron chi connectivity index (χ3n) is 3.02. The van der Waals surface area contributed by atoms with Crippen LogP contribution in [0.25, 0.3) is 0 Å². The molecule has 1 atom stereocenters. The zero-order valence-electron chi connectivity index (χ0n) is 10.4. The van der Waals surface area contributed by atoms with E-state index >= 15 is 0 Å². The Morgan fingerprint density at radius 1 is 1.33 bits per heavy atom. The first-order valence-electron chi connectivity index (χ1n) is 5.75. The van der Waals surface area contributed by atoms with Crippen molar-refractivity contribution >= 4 is 40.7 Å². The summed E-state index contributed by atoms with van der Waals surface area (Å²) in [6.45, 7) is 3.99.